The molecule has 0 fully saturated rings. The van der Waals surface area contributed by atoms with E-state index in [0.717, 1.165) is 33.3 Å². The smallest absolute Gasteiger partial charge is 0.221 e. The molecule has 5 heteroatoms. The Balaban J connectivity index is 1.67. The van der Waals surface area contributed by atoms with Crippen molar-refractivity contribution in [2.24, 2.45) is 0 Å². The predicted octanol–water partition coefficient (Wildman–Crippen LogP) is 5.67. The maximum absolute atomic E-state index is 12.9. The van der Waals surface area contributed by atoms with Crippen molar-refractivity contribution < 1.29 is 9.53 Å². The fraction of sp³-hybridized carbons (Fsp3) is 0.160. The first kappa shape index (κ1) is 20.0. The molecule has 1 heterocycles. The number of carbonyl (C=O) groups is 1. The molecule has 0 saturated carbocycles. The number of rotatable bonds is 7. The number of amides is 1. The second-order valence-corrected chi connectivity index (χ2v) is 7.63. The van der Waals surface area contributed by atoms with E-state index < -0.39 is 0 Å². The largest absolute Gasteiger partial charge is 0.496 e. The highest BCUT2D eigenvalue weighted by molar-refractivity contribution is 6.31. The average Bonchev–Trinajstić information content (AvgIpc) is 3.19. The highest BCUT2D eigenvalue weighted by atomic mass is 35.5. The molecule has 1 aromatic heterocycles. The summed E-state index contributed by atoms with van der Waals surface area (Å²) in [7, 11) is 1.65. The quantitative estimate of drug-likeness (QED) is 0.406. The molecular weight excluding hydrogens is 396 g/mol. The summed E-state index contributed by atoms with van der Waals surface area (Å²) in [4.78, 5) is 16.2. The Labute approximate surface area is 180 Å². The van der Waals surface area contributed by atoms with E-state index in [1.807, 2.05) is 79.0 Å². The molecular formula is C25H23ClN2O2. The van der Waals surface area contributed by atoms with E-state index in [0.29, 0.717) is 18.0 Å². The van der Waals surface area contributed by atoms with E-state index in [-0.39, 0.29) is 11.8 Å². The van der Waals surface area contributed by atoms with Gasteiger partial charge >= 0.3 is 0 Å². The second-order valence-electron chi connectivity index (χ2n) is 7.19. The number of hydrogen-bond donors (Lipinski definition) is 2. The summed E-state index contributed by atoms with van der Waals surface area (Å²) in [6, 6.07) is 23.5. The highest BCUT2D eigenvalue weighted by Gasteiger charge is 2.24. The monoisotopic (exact) mass is 418 g/mol. The molecule has 4 rings (SSSR count). The zero-order valence-corrected chi connectivity index (χ0v) is 17.4. The number of methoxy groups -OCH3 is 1. The van der Waals surface area contributed by atoms with Gasteiger partial charge in [0.1, 0.15) is 5.75 Å². The predicted molar refractivity (Wildman–Crippen MR) is 121 cm³/mol. The van der Waals surface area contributed by atoms with Gasteiger partial charge in [0, 0.05) is 46.6 Å². The van der Waals surface area contributed by atoms with Crippen molar-refractivity contribution in [3.63, 3.8) is 0 Å². The van der Waals surface area contributed by atoms with Crippen LogP contribution < -0.4 is 10.1 Å². The van der Waals surface area contributed by atoms with Crippen molar-refractivity contribution in [3.8, 4) is 5.75 Å². The van der Waals surface area contributed by atoms with E-state index in [4.69, 9.17) is 16.3 Å². The third-order valence-corrected chi connectivity index (χ3v) is 5.52. The molecule has 0 saturated heterocycles. The average molecular weight is 419 g/mol. The molecule has 3 aromatic carbocycles. The van der Waals surface area contributed by atoms with E-state index in [1.54, 1.807) is 7.11 Å². The van der Waals surface area contributed by atoms with Gasteiger partial charge in [0.15, 0.2) is 0 Å². The Bertz CT molecular complexity index is 1150. The molecule has 0 unspecified atom stereocenters. The number of carbonyl (C=O) groups excluding carboxylic acids is 1. The number of aromatic amines is 1. The molecule has 4 aromatic rings. The van der Waals surface area contributed by atoms with Crippen molar-refractivity contribution in [1.29, 1.82) is 0 Å². The summed E-state index contributed by atoms with van der Waals surface area (Å²) in [6.07, 6.45) is 2.26. The SMILES string of the molecule is COc1ccccc1[C@H](CC(=O)NCc1ccccc1)c1c[nH]c2ccc(Cl)cc12. The lowest BCUT2D eigenvalue weighted by molar-refractivity contribution is -0.121. The van der Waals surface area contributed by atoms with Crippen LogP contribution in [0.25, 0.3) is 10.9 Å². The number of benzene rings is 3. The maximum atomic E-state index is 12.9. The van der Waals surface area contributed by atoms with Gasteiger partial charge in [-0.05, 0) is 35.4 Å². The third kappa shape index (κ3) is 4.34. The molecule has 0 aliphatic heterocycles. The van der Waals surface area contributed by atoms with Crippen molar-refractivity contribution in [2.75, 3.05) is 7.11 Å². The molecule has 0 radical (unpaired) electrons. The number of H-pyrrole nitrogens is 1. The van der Waals surface area contributed by atoms with E-state index in [1.165, 1.54) is 0 Å². The Hall–Kier alpha value is -3.24. The maximum Gasteiger partial charge on any atom is 0.221 e. The van der Waals surface area contributed by atoms with E-state index in [2.05, 4.69) is 10.3 Å². The van der Waals surface area contributed by atoms with Gasteiger partial charge in [0.25, 0.3) is 0 Å². The van der Waals surface area contributed by atoms with Crippen LogP contribution in [0.1, 0.15) is 29.0 Å². The Kier molecular flexibility index (Phi) is 6.05. The molecule has 1 amide bonds. The van der Waals surface area contributed by atoms with Gasteiger partial charge in [0.05, 0.1) is 7.11 Å². The van der Waals surface area contributed by atoms with Crippen molar-refractivity contribution >= 4 is 28.4 Å². The first-order valence-corrected chi connectivity index (χ1v) is 10.2. The lowest BCUT2D eigenvalue weighted by Crippen LogP contribution is -2.25. The fourth-order valence-corrected chi connectivity index (χ4v) is 3.97. The van der Waals surface area contributed by atoms with Crippen LogP contribution in [0.5, 0.6) is 5.75 Å². The van der Waals surface area contributed by atoms with Gasteiger partial charge in [-0.2, -0.15) is 0 Å². The molecule has 0 aliphatic rings. The molecule has 1 atom stereocenters. The first-order valence-electron chi connectivity index (χ1n) is 9.86. The summed E-state index contributed by atoms with van der Waals surface area (Å²) in [6.45, 7) is 0.498. The number of hydrogen-bond acceptors (Lipinski definition) is 2. The molecule has 0 aliphatic carbocycles. The number of nitrogens with one attached hydrogen (secondary N) is 2. The van der Waals surface area contributed by atoms with Crippen molar-refractivity contribution in [2.45, 2.75) is 18.9 Å². The topological polar surface area (TPSA) is 54.1 Å². The number of ether oxygens (including phenoxy) is 1. The number of fused-ring (bicyclic) bond motifs is 1. The molecule has 4 nitrogen and oxygen atoms in total. The van der Waals surface area contributed by atoms with Crippen LogP contribution in [0.4, 0.5) is 0 Å². The lowest BCUT2D eigenvalue weighted by Gasteiger charge is -2.20. The van der Waals surface area contributed by atoms with Gasteiger partial charge in [-0.1, -0.05) is 60.1 Å². The zero-order valence-electron chi connectivity index (χ0n) is 16.7. The van der Waals surface area contributed by atoms with Crippen LogP contribution in [0.3, 0.4) is 0 Å². The normalized spacial score (nSPS) is 11.9. The molecule has 152 valence electrons. The van der Waals surface area contributed by atoms with Crippen LogP contribution >= 0.6 is 11.6 Å². The third-order valence-electron chi connectivity index (χ3n) is 5.29. The highest BCUT2D eigenvalue weighted by Crippen LogP contribution is 2.38. The zero-order chi connectivity index (χ0) is 20.9. The fourth-order valence-electron chi connectivity index (χ4n) is 3.80. The standard InChI is InChI=1S/C25H23ClN2O2/c1-30-24-10-6-5-9-19(24)20(14-25(29)28-15-17-7-3-2-4-8-17)22-16-27-23-12-11-18(26)13-21(22)23/h2-13,16,20,27H,14-15H2,1H3,(H,28,29)/t20-/m0/s1. The van der Waals surface area contributed by atoms with Crippen LogP contribution in [-0.2, 0) is 11.3 Å². The van der Waals surface area contributed by atoms with Gasteiger partial charge in [0.2, 0.25) is 5.91 Å². The lowest BCUT2D eigenvalue weighted by atomic mass is 9.87. The minimum absolute atomic E-state index is 0.0221. The molecule has 30 heavy (non-hydrogen) atoms. The van der Waals surface area contributed by atoms with Crippen molar-refractivity contribution in [3.05, 3.63) is 101 Å². The van der Waals surface area contributed by atoms with Crippen LogP contribution in [0.2, 0.25) is 5.02 Å². The molecule has 0 spiro atoms. The molecule has 0 bridgehead atoms. The van der Waals surface area contributed by atoms with E-state index in [9.17, 15) is 4.79 Å². The minimum Gasteiger partial charge on any atom is -0.496 e. The van der Waals surface area contributed by atoms with Crippen LogP contribution in [-0.4, -0.2) is 18.0 Å². The van der Waals surface area contributed by atoms with Gasteiger partial charge in [-0.25, -0.2) is 0 Å². The minimum atomic E-state index is -0.177. The van der Waals surface area contributed by atoms with E-state index >= 15 is 0 Å². The van der Waals surface area contributed by atoms with Gasteiger partial charge in [-0.15, -0.1) is 0 Å². The van der Waals surface area contributed by atoms with Gasteiger partial charge in [-0.3, -0.25) is 4.79 Å². The Morgan fingerprint density at radius 2 is 1.80 bits per heavy atom. The summed E-state index contributed by atoms with van der Waals surface area (Å²) in [5, 5.41) is 4.71. The number of aromatic nitrogens is 1. The summed E-state index contributed by atoms with van der Waals surface area (Å²) in [5.74, 6) is 0.560. The summed E-state index contributed by atoms with van der Waals surface area (Å²) >= 11 is 6.26. The Morgan fingerprint density at radius 3 is 2.60 bits per heavy atom. The molecule has 2 N–H and O–H groups in total. The summed E-state index contributed by atoms with van der Waals surface area (Å²) < 4.78 is 5.60. The first-order chi connectivity index (χ1) is 14.7. The number of halogens is 1. The van der Waals surface area contributed by atoms with Crippen LogP contribution in [0.15, 0.2) is 79.0 Å². The van der Waals surface area contributed by atoms with Crippen LogP contribution in [0, 0.1) is 0 Å². The Morgan fingerprint density at radius 1 is 1.03 bits per heavy atom. The number of para-hydroxylation sites is 1. The summed E-state index contributed by atoms with van der Waals surface area (Å²) in [5.41, 5.74) is 4.04. The van der Waals surface area contributed by atoms with Crippen molar-refractivity contribution in [1.82, 2.24) is 10.3 Å². The second kappa shape index (κ2) is 9.06. The van der Waals surface area contributed by atoms with Gasteiger partial charge < -0.3 is 15.0 Å².